The first kappa shape index (κ1) is 37.1. The number of benzene rings is 3. The number of anilines is 1. The summed E-state index contributed by atoms with van der Waals surface area (Å²) in [5.74, 6) is -1.47. The molecule has 0 radical (unpaired) electrons. The fourth-order valence-electron chi connectivity index (χ4n) is 5.51. The van der Waals surface area contributed by atoms with E-state index in [2.05, 4.69) is 17.6 Å². The Hall–Kier alpha value is -4.40. The number of amides is 4. The number of unbranched alkanes of at least 4 members (excludes halogenated alkanes) is 5. The number of nitrogens with two attached hydrogens (primary N) is 1. The molecule has 9 heteroatoms. The molecule has 2 unspecified atom stereocenters. The molecule has 3 aromatic rings. The maximum atomic E-state index is 14.5. The first-order chi connectivity index (χ1) is 22.3. The molecule has 9 nitrogen and oxygen atoms in total. The SMILES string of the molecule is CCCCCCCCN(C(=O)C(CCC(N)=O)NC(=O)OC(C)(C)C)C(C(=O)Nc1ccc2ccccc2c1)c1ccc(C)c(C)c1. The minimum Gasteiger partial charge on any atom is -0.444 e. The molecule has 0 heterocycles. The van der Waals surface area contributed by atoms with Gasteiger partial charge in [-0.1, -0.05) is 87.6 Å². The maximum Gasteiger partial charge on any atom is 0.408 e. The standard InChI is InChI=1S/C38H52N4O5/c1-7-8-9-10-11-14-23-42(36(45)32(21-22-33(39)43)41-37(46)47-38(4,5)6)34(30-18-17-26(2)27(3)24-30)35(44)40-31-20-19-28-15-12-13-16-29(28)25-31/h12-13,15-20,24-25,32,34H,7-11,14,21-23H2,1-6H3,(H2,39,43)(H,40,44)(H,41,46). The third-order valence-corrected chi connectivity index (χ3v) is 8.13. The Morgan fingerprint density at radius 1 is 0.851 bits per heavy atom. The lowest BCUT2D eigenvalue weighted by Crippen LogP contribution is -2.52. The molecule has 0 aliphatic heterocycles. The number of nitrogens with zero attached hydrogens (tertiary/aromatic N) is 1. The monoisotopic (exact) mass is 644 g/mol. The van der Waals surface area contributed by atoms with Gasteiger partial charge in [0.2, 0.25) is 11.8 Å². The van der Waals surface area contributed by atoms with Crippen LogP contribution in [-0.4, -0.2) is 46.9 Å². The van der Waals surface area contributed by atoms with E-state index in [1.165, 1.54) is 0 Å². The van der Waals surface area contributed by atoms with Crippen LogP contribution < -0.4 is 16.4 Å². The zero-order chi connectivity index (χ0) is 34.6. The van der Waals surface area contributed by atoms with Crippen LogP contribution in [0.15, 0.2) is 60.7 Å². The van der Waals surface area contributed by atoms with E-state index in [1.807, 2.05) is 74.5 Å². The molecule has 4 N–H and O–H groups in total. The molecule has 2 atom stereocenters. The Morgan fingerprint density at radius 3 is 2.19 bits per heavy atom. The lowest BCUT2D eigenvalue weighted by atomic mass is 9.97. The number of carbonyl (C=O) groups excluding carboxylic acids is 4. The number of fused-ring (bicyclic) bond motifs is 1. The number of aryl methyl sites for hydroxylation is 2. The van der Waals surface area contributed by atoms with Crippen molar-refractivity contribution in [1.29, 1.82) is 0 Å². The summed E-state index contributed by atoms with van der Waals surface area (Å²) in [7, 11) is 0. The summed E-state index contributed by atoms with van der Waals surface area (Å²) in [5, 5.41) is 7.75. The summed E-state index contributed by atoms with van der Waals surface area (Å²) in [6.07, 6.45) is 4.94. The predicted molar refractivity (Wildman–Crippen MR) is 188 cm³/mol. The van der Waals surface area contributed by atoms with Crippen molar-refractivity contribution < 1.29 is 23.9 Å². The molecule has 0 aliphatic rings. The number of ether oxygens (including phenoxy) is 1. The van der Waals surface area contributed by atoms with Gasteiger partial charge in [0.15, 0.2) is 0 Å². The number of alkyl carbamates (subject to hydrolysis) is 1. The van der Waals surface area contributed by atoms with Gasteiger partial charge in [-0.2, -0.15) is 0 Å². The molecule has 3 rings (SSSR count). The molecular formula is C38H52N4O5. The second kappa shape index (κ2) is 17.5. The summed E-state index contributed by atoms with van der Waals surface area (Å²) < 4.78 is 5.46. The average Bonchev–Trinajstić information content (AvgIpc) is 3.00. The second-order valence-electron chi connectivity index (χ2n) is 13.3. The molecule has 47 heavy (non-hydrogen) atoms. The summed E-state index contributed by atoms with van der Waals surface area (Å²) in [5.41, 5.74) is 7.96. The van der Waals surface area contributed by atoms with Crippen molar-refractivity contribution in [1.82, 2.24) is 10.2 Å². The normalized spacial score (nSPS) is 12.6. The Labute approximate surface area is 279 Å². The van der Waals surface area contributed by atoms with Gasteiger partial charge in [-0.3, -0.25) is 14.4 Å². The highest BCUT2D eigenvalue weighted by Gasteiger charge is 2.36. The van der Waals surface area contributed by atoms with E-state index in [9.17, 15) is 19.2 Å². The van der Waals surface area contributed by atoms with Crippen LogP contribution in [0.2, 0.25) is 0 Å². The van der Waals surface area contributed by atoms with E-state index in [0.29, 0.717) is 17.7 Å². The van der Waals surface area contributed by atoms with Gasteiger partial charge < -0.3 is 26.0 Å². The number of hydrogen-bond acceptors (Lipinski definition) is 5. The topological polar surface area (TPSA) is 131 Å². The predicted octanol–water partition coefficient (Wildman–Crippen LogP) is 7.48. The first-order valence-corrected chi connectivity index (χ1v) is 16.7. The van der Waals surface area contributed by atoms with E-state index in [4.69, 9.17) is 10.5 Å². The van der Waals surface area contributed by atoms with Crippen molar-refractivity contribution in [2.45, 2.75) is 111 Å². The smallest absolute Gasteiger partial charge is 0.408 e. The van der Waals surface area contributed by atoms with Crippen molar-refractivity contribution in [3.63, 3.8) is 0 Å². The molecule has 0 aromatic heterocycles. The van der Waals surface area contributed by atoms with E-state index in [-0.39, 0.29) is 25.3 Å². The lowest BCUT2D eigenvalue weighted by molar-refractivity contribution is -0.141. The van der Waals surface area contributed by atoms with Crippen molar-refractivity contribution in [3.05, 3.63) is 77.4 Å². The molecule has 0 saturated carbocycles. The number of primary amides is 1. The van der Waals surface area contributed by atoms with E-state index < -0.39 is 35.6 Å². The minimum absolute atomic E-state index is 0.0354. The highest BCUT2D eigenvalue weighted by atomic mass is 16.6. The van der Waals surface area contributed by atoms with E-state index in [1.54, 1.807) is 25.7 Å². The molecule has 4 amide bonds. The average molecular weight is 645 g/mol. The Bertz CT molecular complexity index is 1530. The summed E-state index contributed by atoms with van der Waals surface area (Å²) in [6.45, 7) is 11.6. The van der Waals surface area contributed by atoms with Crippen LogP contribution in [0.4, 0.5) is 10.5 Å². The molecule has 3 aromatic carbocycles. The fraction of sp³-hybridized carbons (Fsp3) is 0.474. The highest BCUT2D eigenvalue weighted by molar-refractivity contribution is 6.00. The van der Waals surface area contributed by atoms with Crippen molar-refractivity contribution in [2.75, 3.05) is 11.9 Å². The number of carbonyl (C=O) groups is 4. The summed E-state index contributed by atoms with van der Waals surface area (Å²) in [4.78, 5) is 55.2. The largest absolute Gasteiger partial charge is 0.444 e. The second-order valence-corrected chi connectivity index (χ2v) is 13.3. The Kier molecular flexibility index (Phi) is 13.8. The third-order valence-electron chi connectivity index (χ3n) is 8.13. The third kappa shape index (κ3) is 11.7. The van der Waals surface area contributed by atoms with Crippen LogP contribution in [0.1, 0.15) is 102 Å². The zero-order valence-corrected chi connectivity index (χ0v) is 28.9. The number of nitrogens with one attached hydrogen (secondary N) is 2. The van der Waals surface area contributed by atoms with Crippen LogP contribution in [0, 0.1) is 13.8 Å². The lowest BCUT2D eigenvalue weighted by Gasteiger charge is -2.35. The summed E-state index contributed by atoms with van der Waals surface area (Å²) >= 11 is 0. The molecule has 0 saturated heterocycles. The summed E-state index contributed by atoms with van der Waals surface area (Å²) in [6, 6.07) is 17.2. The fourth-order valence-corrected chi connectivity index (χ4v) is 5.51. The highest BCUT2D eigenvalue weighted by Crippen LogP contribution is 2.28. The number of hydrogen-bond donors (Lipinski definition) is 3. The van der Waals surface area contributed by atoms with Gasteiger partial charge in [-0.25, -0.2) is 4.79 Å². The van der Waals surface area contributed by atoms with Gasteiger partial charge in [0, 0.05) is 18.7 Å². The molecule has 0 fully saturated rings. The van der Waals surface area contributed by atoms with Crippen molar-refractivity contribution in [3.8, 4) is 0 Å². The van der Waals surface area contributed by atoms with Crippen molar-refractivity contribution in [2.24, 2.45) is 5.73 Å². The van der Waals surface area contributed by atoms with Gasteiger partial charge in [-0.15, -0.1) is 0 Å². The quantitative estimate of drug-likeness (QED) is 0.139. The van der Waals surface area contributed by atoms with Gasteiger partial charge in [0.25, 0.3) is 5.91 Å². The van der Waals surface area contributed by atoms with Crippen LogP contribution in [-0.2, 0) is 19.1 Å². The van der Waals surface area contributed by atoms with Crippen LogP contribution >= 0.6 is 0 Å². The molecule has 0 spiro atoms. The molecule has 254 valence electrons. The van der Waals surface area contributed by atoms with Crippen molar-refractivity contribution >= 4 is 40.3 Å². The molecular weight excluding hydrogens is 592 g/mol. The first-order valence-electron chi connectivity index (χ1n) is 16.7. The maximum absolute atomic E-state index is 14.5. The number of rotatable bonds is 16. The van der Waals surface area contributed by atoms with Crippen LogP contribution in [0.5, 0.6) is 0 Å². The molecule has 0 bridgehead atoms. The minimum atomic E-state index is -1.14. The van der Waals surface area contributed by atoms with Crippen LogP contribution in [0.3, 0.4) is 0 Å². The van der Waals surface area contributed by atoms with Gasteiger partial charge >= 0.3 is 6.09 Å². The Morgan fingerprint density at radius 2 is 1.53 bits per heavy atom. The van der Waals surface area contributed by atoms with Crippen LogP contribution in [0.25, 0.3) is 10.8 Å². The Balaban J connectivity index is 2.05. The van der Waals surface area contributed by atoms with E-state index in [0.717, 1.165) is 54.0 Å². The van der Waals surface area contributed by atoms with Gasteiger partial charge in [-0.05, 0) is 87.1 Å². The van der Waals surface area contributed by atoms with Gasteiger partial charge in [0.05, 0.1) is 0 Å². The molecule has 0 aliphatic carbocycles. The van der Waals surface area contributed by atoms with E-state index >= 15 is 0 Å². The van der Waals surface area contributed by atoms with Gasteiger partial charge in [0.1, 0.15) is 17.7 Å². The zero-order valence-electron chi connectivity index (χ0n) is 28.9.